The van der Waals surface area contributed by atoms with Crippen molar-refractivity contribution in [2.75, 3.05) is 0 Å². The Morgan fingerprint density at radius 2 is 1.89 bits per heavy atom. The lowest BCUT2D eigenvalue weighted by Gasteiger charge is -2.15. The molecule has 2 N–H and O–H groups in total. The van der Waals surface area contributed by atoms with Gasteiger partial charge in [-0.05, 0) is 70.5 Å². The Hall–Kier alpha value is -0.360. The fourth-order valence-corrected chi connectivity index (χ4v) is 2.99. The number of halogens is 4. The predicted octanol–water partition coefficient (Wildman–Crippen LogP) is 4.98. The molecule has 0 fully saturated rings. The van der Waals surface area contributed by atoms with Crippen LogP contribution in [0.2, 0.25) is 10.0 Å². The monoisotopic (exact) mass is 409 g/mol. The van der Waals surface area contributed by atoms with E-state index < -0.39 is 0 Å². The summed E-state index contributed by atoms with van der Waals surface area (Å²) in [7, 11) is 0. The highest BCUT2D eigenvalue weighted by atomic mass is 127. The molecule has 0 bridgehead atoms. The summed E-state index contributed by atoms with van der Waals surface area (Å²) >= 11 is 14.2. The molecule has 1 nitrogen and oxygen atoms in total. The third-order valence-corrected chi connectivity index (χ3v) is 4.38. The molecule has 0 saturated carbocycles. The van der Waals surface area contributed by atoms with Crippen molar-refractivity contribution in [2.45, 2.75) is 12.5 Å². The summed E-state index contributed by atoms with van der Waals surface area (Å²) in [5.41, 5.74) is 7.98. The van der Waals surface area contributed by atoms with Crippen LogP contribution in [-0.4, -0.2) is 0 Å². The molecule has 0 aliphatic rings. The van der Waals surface area contributed by atoms with E-state index in [0.717, 1.165) is 14.7 Å². The van der Waals surface area contributed by atoms with Crippen LogP contribution in [0.4, 0.5) is 4.39 Å². The molecule has 2 aromatic carbocycles. The van der Waals surface area contributed by atoms with Crippen LogP contribution in [0.3, 0.4) is 0 Å². The van der Waals surface area contributed by atoms with Gasteiger partial charge in [0.05, 0.1) is 0 Å². The molecule has 0 radical (unpaired) electrons. The molecule has 0 aliphatic heterocycles. The van der Waals surface area contributed by atoms with E-state index in [2.05, 4.69) is 22.6 Å². The summed E-state index contributed by atoms with van der Waals surface area (Å²) in [6.45, 7) is 0. The second-order valence-corrected chi connectivity index (χ2v) is 6.22. The van der Waals surface area contributed by atoms with E-state index in [1.165, 1.54) is 12.1 Å². The molecule has 0 heterocycles. The highest BCUT2D eigenvalue weighted by Gasteiger charge is 2.13. The van der Waals surface area contributed by atoms with Gasteiger partial charge in [-0.3, -0.25) is 0 Å². The molecule has 0 amide bonds. The highest BCUT2D eigenvalue weighted by molar-refractivity contribution is 14.1. The SMILES string of the molecule is NC(Cc1ccc(F)cc1Cl)c1cc(Cl)ccc1I. The summed E-state index contributed by atoms with van der Waals surface area (Å²) in [6, 6.07) is 9.71. The molecule has 100 valence electrons. The summed E-state index contributed by atoms with van der Waals surface area (Å²) in [6.07, 6.45) is 0.537. The van der Waals surface area contributed by atoms with Crippen LogP contribution >= 0.6 is 45.8 Å². The van der Waals surface area contributed by atoms with E-state index >= 15 is 0 Å². The minimum absolute atomic E-state index is 0.228. The van der Waals surface area contributed by atoms with Crippen LogP contribution in [0.15, 0.2) is 36.4 Å². The second-order valence-electron chi connectivity index (χ2n) is 4.21. The van der Waals surface area contributed by atoms with Gasteiger partial charge >= 0.3 is 0 Å². The van der Waals surface area contributed by atoms with Crippen molar-refractivity contribution in [1.29, 1.82) is 0 Å². The van der Waals surface area contributed by atoms with Crippen LogP contribution in [0.25, 0.3) is 0 Å². The molecular weight excluding hydrogens is 399 g/mol. The fourth-order valence-electron chi connectivity index (χ4n) is 1.83. The van der Waals surface area contributed by atoms with E-state index in [0.29, 0.717) is 16.5 Å². The maximum absolute atomic E-state index is 13.0. The molecule has 1 atom stereocenters. The van der Waals surface area contributed by atoms with Gasteiger partial charge in [0.15, 0.2) is 0 Å². The van der Waals surface area contributed by atoms with Gasteiger partial charge in [-0.1, -0.05) is 29.3 Å². The van der Waals surface area contributed by atoms with Crippen LogP contribution in [0, 0.1) is 9.39 Å². The number of hydrogen-bond donors (Lipinski definition) is 1. The molecule has 5 heteroatoms. The van der Waals surface area contributed by atoms with E-state index in [9.17, 15) is 4.39 Å². The van der Waals surface area contributed by atoms with Gasteiger partial charge in [0.2, 0.25) is 0 Å². The van der Waals surface area contributed by atoms with Gasteiger partial charge in [0.1, 0.15) is 5.82 Å². The van der Waals surface area contributed by atoms with Crippen molar-refractivity contribution in [3.63, 3.8) is 0 Å². The smallest absolute Gasteiger partial charge is 0.124 e. The van der Waals surface area contributed by atoms with Gasteiger partial charge in [-0.2, -0.15) is 0 Å². The Bertz CT molecular complexity index is 604. The fraction of sp³-hybridized carbons (Fsp3) is 0.143. The molecule has 19 heavy (non-hydrogen) atoms. The topological polar surface area (TPSA) is 26.0 Å². The van der Waals surface area contributed by atoms with Gasteiger partial charge in [-0.25, -0.2) is 4.39 Å². The van der Waals surface area contributed by atoms with Crippen molar-refractivity contribution < 1.29 is 4.39 Å². The number of benzene rings is 2. The number of nitrogens with two attached hydrogens (primary N) is 1. The third kappa shape index (κ3) is 3.81. The molecule has 1 unspecified atom stereocenters. The van der Waals surface area contributed by atoms with E-state index in [-0.39, 0.29) is 11.9 Å². The first-order chi connectivity index (χ1) is 8.97. The largest absolute Gasteiger partial charge is 0.324 e. The van der Waals surface area contributed by atoms with E-state index in [4.69, 9.17) is 28.9 Å². The van der Waals surface area contributed by atoms with Gasteiger partial charge in [0, 0.05) is 19.7 Å². The van der Waals surface area contributed by atoms with Crippen LogP contribution in [0.5, 0.6) is 0 Å². The summed E-state index contributed by atoms with van der Waals surface area (Å²) in [5, 5.41) is 1.04. The predicted molar refractivity (Wildman–Crippen MR) is 86.2 cm³/mol. The highest BCUT2D eigenvalue weighted by Crippen LogP contribution is 2.27. The number of rotatable bonds is 3. The summed E-state index contributed by atoms with van der Waals surface area (Å²) < 4.78 is 14.0. The Morgan fingerprint density at radius 3 is 2.58 bits per heavy atom. The van der Waals surface area contributed by atoms with Crippen molar-refractivity contribution in [3.8, 4) is 0 Å². The summed E-state index contributed by atoms with van der Waals surface area (Å²) in [5.74, 6) is -0.348. The lowest BCUT2D eigenvalue weighted by Crippen LogP contribution is -2.15. The van der Waals surface area contributed by atoms with Crippen LogP contribution in [-0.2, 0) is 6.42 Å². The zero-order valence-electron chi connectivity index (χ0n) is 9.84. The number of hydrogen-bond acceptors (Lipinski definition) is 1. The minimum Gasteiger partial charge on any atom is -0.324 e. The second kappa shape index (κ2) is 6.39. The first kappa shape index (κ1) is 15.0. The van der Waals surface area contributed by atoms with Gasteiger partial charge < -0.3 is 5.73 Å². The van der Waals surface area contributed by atoms with Gasteiger partial charge in [-0.15, -0.1) is 0 Å². The zero-order valence-corrected chi connectivity index (χ0v) is 13.5. The normalized spacial score (nSPS) is 12.5. The van der Waals surface area contributed by atoms with Crippen LogP contribution in [0.1, 0.15) is 17.2 Å². The van der Waals surface area contributed by atoms with Crippen molar-refractivity contribution in [2.24, 2.45) is 5.73 Å². The Kier molecular flexibility index (Phi) is 5.06. The van der Waals surface area contributed by atoms with Crippen LogP contribution < -0.4 is 5.73 Å². The molecule has 2 rings (SSSR count). The maximum atomic E-state index is 13.0. The maximum Gasteiger partial charge on any atom is 0.124 e. The Morgan fingerprint density at radius 1 is 1.16 bits per heavy atom. The van der Waals surface area contributed by atoms with Crippen molar-refractivity contribution >= 4 is 45.8 Å². The first-order valence-corrected chi connectivity index (χ1v) is 7.45. The van der Waals surface area contributed by atoms with Crippen molar-refractivity contribution in [3.05, 3.63) is 67.0 Å². The first-order valence-electron chi connectivity index (χ1n) is 5.62. The Labute approximate surface area is 135 Å². The average molecular weight is 410 g/mol. The average Bonchev–Trinajstić information content (AvgIpc) is 2.35. The third-order valence-electron chi connectivity index (χ3n) is 2.81. The van der Waals surface area contributed by atoms with Crippen molar-refractivity contribution in [1.82, 2.24) is 0 Å². The minimum atomic E-state index is -0.348. The lowest BCUT2D eigenvalue weighted by molar-refractivity contribution is 0.625. The Balaban J connectivity index is 2.25. The summed E-state index contributed by atoms with van der Waals surface area (Å²) in [4.78, 5) is 0. The van der Waals surface area contributed by atoms with E-state index in [1.807, 2.05) is 18.2 Å². The standard InChI is InChI=1S/C14H11Cl2FIN/c15-9-2-4-13(18)11(6-9)14(19)5-8-1-3-10(17)7-12(8)16/h1-4,6-7,14H,5,19H2. The van der Waals surface area contributed by atoms with E-state index in [1.54, 1.807) is 6.07 Å². The molecule has 0 aliphatic carbocycles. The molecule has 0 aromatic heterocycles. The molecule has 2 aromatic rings. The molecular formula is C14H11Cl2FIN. The molecule has 0 saturated heterocycles. The quantitative estimate of drug-likeness (QED) is 0.711. The van der Waals surface area contributed by atoms with Gasteiger partial charge in [0.25, 0.3) is 0 Å². The molecule has 0 spiro atoms. The zero-order chi connectivity index (χ0) is 14.0. The lowest BCUT2D eigenvalue weighted by atomic mass is 10.00.